The molecule has 4 heteroatoms. The molecule has 0 radical (unpaired) electrons. The molecule has 0 aliphatic heterocycles. The predicted octanol–water partition coefficient (Wildman–Crippen LogP) is 2.60. The number of hydrogen-bond acceptors (Lipinski definition) is 1. The summed E-state index contributed by atoms with van der Waals surface area (Å²) in [5.74, 6) is -1.64. The van der Waals surface area contributed by atoms with E-state index < -0.39 is 22.3 Å². The van der Waals surface area contributed by atoms with Gasteiger partial charge < -0.3 is 5.11 Å². The van der Waals surface area contributed by atoms with Crippen LogP contribution in [0.5, 0.6) is 0 Å². The fourth-order valence-electron chi connectivity index (χ4n) is 1.27. The zero-order valence-corrected chi connectivity index (χ0v) is 7.41. The van der Waals surface area contributed by atoms with Crippen molar-refractivity contribution >= 4 is 11.6 Å². The fourth-order valence-corrected chi connectivity index (χ4v) is 1.44. The van der Waals surface area contributed by atoms with Crippen molar-refractivity contribution < 1.29 is 13.9 Å². The lowest BCUT2D eigenvalue weighted by Crippen LogP contribution is -2.08. The molecule has 1 aliphatic carbocycles. The molecule has 1 saturated carbocycles. The molecule has 1 N–H and O–H groups in total. The second kappa shape index (κ2) is 2.66. The van der Waals surface area contributed by atoms with Crippen molar-refractivity contribution in [1.82, 2.24) is 0 Å². The van der Waals surface area contributed by atoms with Gasteiger partial charge in [0.25, 0.3) is 0 Å². The fraction of sp³-hybridized carbons (Fsp3) is 0.333. The zero-order valence-electron chi connectivity index (χ0n) is 6.65. The van der Waals surface area contributed by atoms with E-state index in [0.717, 1.165) is 6.07 Å². The van der Waals surface area contributed by atoms with Crippen molar-refractivity contribution in [2.75, 3.05) is 0 Å². The minimum Gasteiger partial charge on any atom is -0.385 e. The Balaban J connectivity index is 2.54. The number of halogens is 3. The van der Waals surface area contributed by atoms with Crippen LogP contribution in [0.4, 0.5) is 8.78 Å². The summed E-state index contributed by atoms with van der Waals surface area (Å²) < 4.78 is 26.0. The summed E-state index contributed by atoms with van der Waals surface area (Å²) in [7, 11) is 0. The van der Waals surface area contributed by atoms with Gasteiger partial charge in [-0.1, -0.05) is 17.7 Å². The average molecular weight is 205 g/mol. The molecule has 1 nitrogen and oxygen atoms in total. The molecule has 0 atom stereocenters. The molecule has 70 valence electrons. The highest BCUT2D eigenvalue weighted by atomic mass is 35.5. The van der Waals surface area contributed by atoms with Crippen molar-refractivity contribution in [3.8, 4) is 0 Å². The molecular weight excluding hydrogens is 198 g/mol. The van der Waals surface area contributed by atoms with Crippen LogP contribution in [0, 0.1) is 11.6 Å². The van der Waals surface area contributed by atoms with Crippen LogP contribution in [0.15, 0.2) is 12.1 Å². The van der Waals surface area contributed by atoms with Crippen molar-refractivity contribution in [3.63, 3.8) is 0 Å². The molecule has 13 heavy (non-hydrogen) atoms. The van der Waals surface area contributed by atoms with Gasteiger partial charge in [-0.2, -0.15) is 0 Å². The van der Waals surface area contributed by atoms with E-state index in [1.54, 1.807) is 0 Å². The Morgan fingerprint density at radius 2 is 1.92 bits per heavy atom. The monoisotopic (exact) mass is 204 g/mol. The van der Waals surface area contributed by atoms with Crippen LogP contribution in [0.25, 0.3) is 0 Å². The van der Waals surface area contributed by atoms with Crippen molar-refractivity contribution in [1.29, 1.82) is 0 Å². The van der Waals surface area contributed by atoms with Gasteiger partial charge in [0.15, 0.2) is 5.82 Å². The first kappa shape index (κ1) is 8.91. The Kier molecular flexibility index (Phi) is 1.82. The van der Waals surface area contributed by atoms with Gasteiger partial charge in [0.2, 0.25) is 0 Å². The summed E-state index contributed by atoms with van der Waals surface area (Å²) >= 11 is 5.36. The van der Waals surface area contributed by atoms with E-state index in [4.69, 9.17) is 11.6 Å². The van der Waals surface area contributed by atoms with Crippen molar-refractivity contribution in [3.05, 3.63) is 34.4 Å². The first-order valence-corrected chi connectivity index (χ1v) is 4.29. The van der Waals surface area contributed by atoms with Crippen LogP contribution >= 0.6 is 11.6 Å². The lowest BCUT2D eigenvalue weighted by Gasteiger charge is -2.10. The molecular formula is C9H7ClF2O. The summed E-state index contributed by atoms with van der Waals surface area (Å²) in [5.41, 5.74) is -1.01. The third-order valence-corrected chi connectivity index (χ3v) is 2.61. The van der Waals surface area contributed by atoms with Gasteiger partial charge in [0.1, 0.15) is 10.8 Å². The van der Waals surface area contributed by atoms with Gasteiger partial charge in [-0.15, -0.1) is 0 Å². The Morgan fingerprint density at radius 3 is 2.46 bits per heavy atom. The molecule has 1 aromatic rings. The largest absolute Gasteiger partial charge is 0.385 e. The minimum absolute atomic E-state index is 0.0962. The van der Waals surface area contributed by atoms with Gasteiger partial charge >= 0.3 is 0 Å². The molecule has 2 rings (SSSR count). The molecule has 1 aromatic carbocycles. The van der Waals surface area contributed by atoms with E-state index in [-0.39, 0.29) is 5.56 Å². The first-order valence-electron chi connectivity index (χ1n) is 3.91. The van der Waals surface area contributed by atoms with Crippen LogP contribution < -0.4 is 0 Å². The maximum absolute atomic E-state index is 13.3. The minimum atomic E-state index is -1.11. The number of hydrogen-bond donors (Lipinski definition) is 1. The van der Waals surface area contributed by atoms with Crippen LogP contribution in [-0.2, 0) is 5.60 Å². The molecule has 1 aliphatic rings. The topological polar surface area (TPSA) is 20.2 Å². The molecule has 0 saturated heterocycles. The van der Waals surface area contributed by atoms with Gasteiger partial charge in [0, 0.05) is 5.56 Å². The first-order chi connectivity index (χ1) is 6.04. The van der Waals surface area contributed by atoms with Gasteiger partial charge in [-0.05, 0) is 18.9 Å². The highest BCUT2D eigenvalue weighted by Crippen LogP contribution is 2.47. The zero-order chi connectivity index (χ0) is 9.64. The number of aliphatic hydroxyl groups is 1. The second-order valence-corrected chi connectivity index (χ2v) is 3.63. The van der Waals surface area contributed by atoms with Gasteiger partial charge in [0.05, 0.1) is 5.60 Å². The lowest BCUT2D eigenvalue weighted by atomic mass is 10.1. The van der Waals surface area contributed by atoms with E-state index in [1.165, 1.54) is 6.07 Å². The standard InChI is InChI=1S/C9H7ClF2O/c10-7-6(11)2-1-5(8(7)12)9(13)3-4-9/h1-2,13H,3-4H2. The van der Waals surface area contributed by atoms with E-state index in [1.807, 2.05) is 0 Å². The predicted molar refractivity (Wildman–Crippen MR) is 44.5 cm³/mol. The second-order valence-electron chi connectivity index (χ2n) is 3.25. The summed E-state index contributed by atoms with van der Waals surface area (Å²) in [4.78, 5) is 0. The average Bonchev–Trinajstić information content (AvgIpc) is 2.80. The van der Waals surface area contributed by atoms with E-state index >= 15 is 0 Å². The van der Waals surface area contributed by atoms with Crippen LogP contribution in [0.3, 0.4) is 0 Å². The van der Waals surface area contributed by atoms with Crippen LogP contribution in [0.2, 0.25) is 5.02 Å². The normalized spacial score (nSPS) is 18.8. The molecule has 0 bridgehead atoms. The third-order valence-electron chi connectivity index (χ3n) is 2.26. The van der Waals surface area contributed by atoms with Gasteiger partial charge in [-0.25, -0.2) is 8.78 Å². The van der Waals surface area contributed by atoms with Gasteiger partial charge in [-0.3, -0.25) is 0 Å². The molecule has 0 unspecified atom stereocenters. The smallest absolute Gasteiger partial charge is 0.150 e. The summed E-state index contributed by atoms with van der Waals surface area (Å²) in [6, 6.07) is 2.31. The highest BCUT2D eigenvalue weighted by Gasteiger charge is 2.44. The Morgan fingerprint density at radius 1 is 1.31 bits per heavy atom. The molecule has 0 heterocycles. The van der Waals surface area contributed by atoms with E-state index in [9.17, 15) is 13.9 Å². The number of benzene rings is 1. The highest BCUT2D eigenvalue weighted by molar-refractivity contribution is 6.31. The molecule has 0 aromatic heterocycles. The third kappa shape index (κ3) is 1.32. The quantitative estimate of drug-likeness (QED) is 0.698. The lowest BCUT2D eigenvalue weighted by molar-refractivity contribution is 0.146. The summed E-state index contributed by atoms with van der Waals surface area (Å²) in [6.45, 7) is 0. The maximum Gasteiger partial charge on any atom is 0.150 e. The Bertz CT molecular complexity index is 361. The summed E-state index contributed by atoms with van der Waals surface area (Å²) in [5, 5.41) is 9.03. The molecule has 0 amide bonds. The Hall–Kier alpha value is -0.670. The SMILES string of the molecule is OC1(c2ccc(F)c(Cl)c2F)CC1. The number of rotatable bonds is 1. The maximum atomic E-state index is 13.3. The van der Waals surface area contributed by atoms with Crippen LogP contribution in [-0.4, -0.2) is 5.11 Å². The van der Waals surface area contributed by atoms with Crippen LogP contribution in [0.1, 0.15) is 18.4 Å². The van der Waals surface area contributed by atoms with Crippen molar-refractivity contribution in [2.24, 2.45) is 0 Å². The van der Waals surface area contributed by atoms with E-state index in [2.05, 4.69) is 0 Å². The Labute approximate surface area is 78.9 Å². The van der Waals surface area contributed by atoms with E-state index in [0.29, 0.717) is 12.8 Å². The molecule has 0 spiro atoms. The summed E-state index contributed by atoms with van der Waals surface area (Å²) in [6.07, 6.45) is 1.01. The van der Waals surface area contributed by atoms with Crippen molar-refractivity contribution in [2.45, 2.75) is 18.4 Å². The molecule has 1 fully saturated rings.